The summed E-state index contributed by atoms with van der Waals surface area (Å²) in [6, 6.07) is 7.25. The standard InChI is InChI=1S/C14H16N2O3/c1-9-3-5-11(6-4-9)13-16-12(8-19-13)7-15-10(2)14(17)18/h3-6,8,10,15H,7H2,1-2H3,(H,17,18)/t10-/m0/s1. The Kier molecular flexibility index (Phi) is 3.97. The van der Waals surface area contributed by atoms with E-state index >= 15 is 0 Å². The van der Waals surface area contributed by atoms with Gasteiger partial charge in [-0.25, -0.2) is 4.98 Å². The minimum absolute atomic E-state index is 0.364. The van der Waals surface area contributed by atoms with Crippen LogP contribution in [0, 0.1) is 6.92 Å². The van der Waals surface area contributed by atoms with E-state index in [-0.39, 0.29) is 0 Å². The number of carboxylic acid groups (broad SMARTS) is 1. The van der Waals surface area contributed by atoms with Crippen molar-refractivity contribution >= 4 is 5.97 Å². The summed E-state index contributed by atoms with van der Waals surface area (Å²) in [5.41, 5.74) is 2.76. The minimum atomic E-state index is -0.887. The summed E-state index contributed by atoms with van der Waals surface area (Å²) >= 11 is 0. The quantitative estimate of drug-likeness (QED) is 0.862. The van der Waals surface area contributed by atoms with E-state index in [1.807, 2.05) is 31.2 Å². The van der Waals surface area contributed by atoms with Crippen LogP contribution in [0.1, 0.15) is 18.2 Å². The maximum atomic E-state index is 10.7. The van der Waals surface area contributed by atoms with E-state index < -0.39 is 12.0 Å². The van der Waals surface area contributed by atoms with Crippen LogP contribution in [0.2, 0.25) is 0 Å². The van der Waals surface area contributed by atoms with Gasteiger partial charge in [-0.15, -0.1) is 0 Å². The monoisotopic (exact) mass is 260 g/mol. The summed E-state index contributed by atoms with van der Waals surface area (Å²) < 4.78 is 5.38. The Labute approximate surface area is 111 Å². The zero-order valence-electron chi connectivity index (χ0n) is 10.9. The molecular formula is C14H16N2O3. The van der Waals surface area contributed by atoms with E-state index in [1.165, 1.54) is 11.8 Å². The van der Waals surface area contributed by atoms with Crippen LogP contribution in [0.5, 0.6) is 0 Å². The number of hydrogen-bond acceptors (Lipinski definition) is 4. The Balaban J connectivity index is 2.03. The summed E-state index contributed by atoms with van der Waals surface area (Å²) in [7, 11) is 0. The second-order valence-corrected chi connectivity index (χ2v) is 4.45. The fraction of sp³-hybridized carbons (Fsp3) is 0.286. The van der Waals surface area contributed by atoms with Gasteiger partial charge in [0.15, 0.2) is 0 Å². The van der Waals surface area contributed by atoms with Crippen molar-refractivity contribution in [3.05, 3.63) is 41.8 Å². The lowest BCUT2D eigenvalue weighted by atomic mass is 10.1. The molecule has 2 aromatic rings. The molecule has 0 bridgehead atoms. The SMILES string of the molecule is Cc1ccc(-c2nc(CN[C@@H](C)C(=O)O)co2)cc1. The molecule has 0 spiro atoms. The molecule has 1 atom stereocenters. The van der Waals surface area contributed by atoms with Crippen LogP contribution in [0.15, 0.2) is 34.9 Å². The van der Waals surface area contributed by atoms with Crippen LogP contribution in [0.3, 0.4) is 0 Å². The van der Waals surface area contributed by atoms with E-state index in [1.54, 1.807) is 6.92 Å². The third-order valence-corrected chi connectivity index (χ3v) is 2.81. The van der Waals surface area contributed by atoms with Crippen molar-refractivity contribution in [1.82, 2.24) is 10.3 Å². The Hall–Kier alpha value is -2.14. The summed E-state index contributed by atoms with van der Waals surface area (Å²) in [5.74, 6) is -0.345. The summed E-state index contributed by atoms with van der Waals surface area (Å²) in [5, 5.41) is 11.6. The Morgan fingerprint density at radius 1 is 1.42 bits per heavy atom. The van der Waals surface area contributed by atoms with E-state index in [2.05, 4.69) is 10.3 Å². The fourth-order valence-corrected chi connectivity index (χ4v) is 1.56. The first kappa shape index (κ1) is 13.3. The van der Waals surface area contributed by atoms with Gasteiger partial charge in [0.1, 0.15) is 12.3 Å². The molecule has 2 rings (SSSR count). The van der Waals surface area contributed by atoms with Crippen LogP contribution >= 0.6 is 0 Å². The highest BCUT2D eigenvalue weighted by Crippen LogP contribution is 2.18. The van der Waals surface area contributed by atoms with Gasteiger partial charge in [0.2, 0.25) is 5.89 Å². The van der Waals surface area contributed by atoms with Gasteiger partial charge in [-0.05, 0) is 26.0 Å². The summed E-state index contributed by atoms with van der Waals surface area (Å²) in [6.45, 7) is 3.97. The average molecular weight is 260 g/mol. The number of hydrogen-bond donors (Lipinski definition) is 2. The van der Waals surface area contributed by atoms with E-state index in [4.69, 9.17) is 9.52 Å². The second kappa shape index (κ2) is 5.67. The first-order valence-corrected chi connectivity index (χ1v) is 6.04. The number of aromatic nitrogens is 1. The molecule has 0 saturated heterocycles. The van der Waals surface area contributed by atoms with E-state index in [0.29, 0.717) is 18.1 Å². The van der Waals surface area contributed by atoms with Gasteiger partial charge in [0, 0.05) is 12.1 Å². The first-order valence-electron chi connectivity index (χ1n) is 6.04. The number of rotatable bonds is 5. The summed E-state index contributed by atoms with van der Waals surface area (Å²) in [6.07, 6.45) is 1.54. The molecule has 1 heterocycles. The van der Waals surface area contributed by atoms with Crippen LogP contribution in [-0.4, -0.2) is 22.1 Å². The molecule has 100 valence electrons. The van der Waals surface area contributed by atoms with Crippen LogP contribution < -0.4 is 5.32 Å². The maximum absolute atomic E-state index is 10.7. The number of aryl methyl sites for hydroxylation is 1. The molecule has 0 unspecified atom stereocenters. The zero-order chi connectivity index (χ0) is 13.8. The van der Waals surface area contributed by atoms with Gasteiger partial charge < -0.3 is 9.52 Å². The molecule has 0 radical (unpaired) electrons. The van der Waals surface area contributed by atoms with Crippen molar-refractivity contribution in [3.8, 4) is 11.5 Å². The number of aliphatic carboxylic acids is 1. The molecule has 2 N–H and O–H groups in total. The Morgan fingerprint density at radius 2 is 2.11 bits per heavy atom. The number of benzene rings is 1. The van der Waals surface area contributed by atoms with Crippen molar-refractivity contribution in [3.63, 3.8) is 0 Å². The molecule has 1 aromatic heterocycles. The number of carboxylic acids is 1. The van der Waals surface area contributed by atoms with E-state index in [0.717, 1.165) is 5.56 Å². The molecule has 0 aliphatic heterocycles. The summed E-state index contributed by atoms with van der Waals surface area (Å²) in [4.78, 5) is 15.0. The van der Waals surface area contributed by atoms with Crippen LogP contribution in [0.4, 0.5) is 0 Å². The Morgan fingerprint density at radius 3 is 2.74 bits per heavy atom. The molecule has 1 aromatic carbocycles. The molecule has 0 amide bonds. The fourth-order valence-electron chi connectivity index (χ4n) is 1.56. The highest BCUT2D eigenvalue weighted by atomic mass is 16.4. The molecule has 0 aliphatic rings. The average Bonchev–Trinajstić information content (AvgIpc) is 2.85. The highest BCUT2D eigenvalue weighted by Gasteiger charge is 2.11. The van der Waals surface area contributed by atoms with Crippen molar-refractivity contribution < 1.29 is 14.3 Å². The normalized spacial score (nSPS) is 12.3. The maximum Gasteiger partial charge on any atom is 0.320 e. The van der Waals surface area contributed by atoms with Gasteiger partial charge in [-0.3, -0.25) is 10.1 Å². The van der Waals surface area contributed by atoms with Crippen molar-refractivity contribution in [2.45, 2.75) is 26.4 Å². The predicted octanol–water partition coefficient (Wildman–Crippen LogP) is 2.21. The molecule has 0 fully saturated rings. The van der Waals surface area contributed by atoms with Crippen LogP contribution in [-0.2, 0) is 11.3 Å². The first-order chi connectivity index (χ1) is 9.06. The minimum Gasteiger partial charge on any atom is -0.480 e. The predicted molar refractivity (Wildman–Crippen MR) is 70.6 cm³/mol. The van der Waals surface area contributed by atoms with Gasteiger partial charge in [0.25, 0.3) is 0 Å². The number of carbonyl (C=O) groups is 1. The van der Waals surface area contributed by atoms with Crippen molar-refractivity contribution in [1.29, 1.82) is 0 Å². The lowest BCUT2D eigenvalue weighted by Gasteiger charge is -2.05. The molecule has 19 heavy (non-hydrogen) atoms. The molecule has 5 heteroatoms. The van der Waals surface area contributed by atoms with Gasteiger partial charge >= 0.3 is 5.97 Å². The topological polar surface area (TPSA) is 75.4 Å². The third-order valence-electron chi connectivity index (χ3n) is 2.81. The largest absolute Gasteiger partial charge is 0.480 e. The third kappa shape index (κ3) is 3.42. The molecule has 0 aliphatic carbocycles. The lowest BCUT2D eigenvalue weighted by Crippen LogP contribution is -2.33. The van der Waals surface area contributed by atoms with Gasteiger partial charge in [0.05, 0.1) is 5.69 Å². The zero-order valence-corrected chi connectivity index (χ0v) is 10.9. The number of nitrogens with one attached hydrogen (secondary N) is 1. The van der Waals surface area contributed by atoms with Gasteiger partial charge in [-0.1, -0.05) is 17.7 Å². The number of nitrogens with zero attached hydrogens (tertiary/aromatic N) is 1. The Bertz CT molecular complexity index is 560. The second-order valence-electron chi connectivity index (χ2n) is 4.45. The molecular weight excluding hydrogens is 244 g/mol. The smallest absolute Gasteiger partial charge is 0.320 e. The number of oxazole rings is 1. The van der Waals surface area contributed by atoms with Gasteiger partial charge in [-0.2, -0.15) is 0 Å². The lowest BCUT2D eigenvalue weighted by molar-refractivity contribution is -0.139. The van der Waals surface area contributed by atoms with Crippen molar-refractivity contribution in [2.24, 2.45) is 0 Å². The highest BCUT2D eigenvalue weighted by molar-refractivity contribution is 5.72. The van der Waals surface area contributed by atoms with E-state index in [9.17, 15) is 4.79 Å². The molecule has 0 saturated carbocycles. The molecule has 5 nitrogen and oxygen atoms in total. The van der Waals surface area contributed by atoms with Crippen LogP contribution in [0.25, 0.3) is 11.5 Å². The van der Waals surface area contributed by atoms with Crippen molar-refractivity contribution in [2.75, 3.05) is 0 Å².